The van der Waals surface area contributed by atoms with Crippen molar-refractivity contribution in [1.82, 2.24) is 4.98 Å². The van der Waals surface area contributed by atoms with Gasteiger partial charge in [-0.1, -0.05) is 27.7 Å². The van der Waals surface area contributed by atoms with Gasteiger partial charge in [-0.2, -0.15) is 5.26 Å². The van der Waals surface area contributed by atoms with Crippen molar-refractivity contribution in [2.24, 2.45) is 5.92 Å². The number of thiazole rings is 1. The van der Waals surface area contributed by atoms with E-state index in [1.807, 2.05) is 6.92 Å². The van der Waals surface area contributed by atoms with Crippen LogP contribution in [0.3, 0.4) is 0 Å². The molecule has 0 aliphatic rings. The monoisotopic (exact) mass is 222 g/mol. The third kappa shape index (κ3) is 3.32. The Morgan fingerprint density at radius 1 is 1.53 bits per heavy atom. The molecule has 15 heavy (non-hydrogen) atoms. The van der Waals surface area contributed by atoms with Crippen molar-refractivity contribution in [2.75, 3.05) is 0 Å². The van der Waals surface area contributed by atoms with Crippen molar-refractivity contribution in [3.63, 3.8) is 0 Å². The van der Waals surface area contributed by atoms with Gasteiger partial charge in [-0.3, -0.25) is 0 Å². The average molecular weight is 222 g/mol. The largest absolute Gasteiger partial charge is 0.246 e. The van der Waals surface area contributed by atoms with E-state index < -0.39 is 0 Å². The number of hydrogen-bond acceptors (Lipinski definition) is 3. The van der Waals surface area contributed by atoms with Crippen LogP contribution < -0.4 is 0 Å². The van der Waals surface area contributed by atoms with Gasteiger partial charge in [0.15, 0.2) is 0 Å². The maximum Gasteiger partial charge on any atom is 0.0941 e. The summed E-state index contributed by atoms with van der Waals surface area (Å²) in [5, 5.41) is 12.1. The summed E-state index contributed by atoms with van der Waals surface area (Å²) < 4.78 is 0. The fourth-order valence-electron chi connectivity index (χ4n) is 1.24. The van der Waals surface area contributed by atoms with E-state index in [0.29, 0.717) is 0 Å². The van der Waals surface area contributed by atoms with Crippen LogP contribution in [0, 0.1) is 17.2 Å². The summed E-state index contributed by atoms with van der Waals surface area (Å²) >= 11 is 1.67. The van der Waals surface area contributed by atoms with Gasteiger partial charge in [-0.25, -0.2) is 4.98 Å². The Morgan fingerprint density at radius 2 is 2.20 bits per heavy atom. The maximum atomic E-state index is 8.88. The van der Waals surface area contributed by atoms with Crippen molar-refractivity contribution in [2.45, 2.75) is 46.0 Å². The van der Waals surface area contributed by atoms with E-state index in [4.69, 9.17) is 5.26 Å². The molecule has 0 spiro atoms. The summed E-state index contributed by atoms with van der Waals surface area (Å²) in [5.74, 6) is 0.115. The Labute approximate surface area is 96.0 Å². The summed E-state index contributed by atoms with van der Waals surface area (Å²) in [4.78, 5) is 4.58. The lowest BCUT2D eigenvalue weighted by Gasteiger charge is -2.14. The van der Waals surface area contributed by atoms with Gasteiger partial charge in [-0.15, -0.1) is 11.3 Å². The molecule has 0 radical (unpaired) electrons. The second kappa shape index (κ2) is 4.76. The fourth-order valence-corrected chi connectivity index (χ4v) is 2.34. The summed E-state index contributed by atoms with van der Waals surface area (Å²) in [6.45, 7) is 8.53. The van der Waals surface area contributed by atoms with Gasteiger partial charge in [0.2, 0.25) is 0 Å². The standard InChI is InChI=1S/C12H18N2S/c1-5-9(7-13)6-11-14-10(8-15-11)12(2,3)4/h8-9H,5-6H2,1-4H3. The zero-order chi connectivity index (χ0) is 11.5. The zero-order valence-electron chi connectivity index (χ0n) is 9.87. The second-order valence-electron chi connectivity index (χ2n) is 4.81. The highest BCUT2D eigenvalue weighted by molar-refractivity contribution is 7.09. The molecule has 0 fully saturated rings. The lowest BCUT2D eigenvalue weighted by atomic mass is 9.93. The van der Waals surface area contributed by atoms with E-state index >= 15 is 0 Å². The molecule has 3 heteroatoms. The summed E-state index contributed by atoms with van der Waals surface area (Å²) in [6, 6.07) is 2.31. The Morgan fingerprint density at radius 3 is 2.60 bits per heavy atom. The van der Waals surface area contributed by atoms with Crippen LogP contribution in [0.5, 0.6) is 0 Å². The highest BCUT2D eigenvalue weighted by Crippen LogP contribution is 2.25. The Bertz CT molecular complexity index is 354. The van der Waals surface area contributed by atoms with Gasteiger partial charge in [0.05, 0.1) is 22.7 Å². The van der Waals surface area contributed by atoms with Crippen LogP contribution in [0.25, 0.3) is 0 Å². The van der Waals surface area contributed by atoms with E-state index in [0.717, 1.165) is 23.5 Å². The van der Waals surface area contributed by atoms with Crippen LogP contribution in [0.2, 0.25) is 0 Å². The number of aromatic nitrogens is 1. The Kier molecular flexibility index (Phi) is 3.87. The van der Waals surface area contributed by atoms with E-state index in [-0.39, 0.29) is 11.3 Å². The topological polar surface area (TPSA) is 36.7 Å². The first-order chi connectivity index (χ1) is 6.97. The van der Waals surface area contributed by atoms with E-state index in [2.05, 4.69) is 37.2 Å². The molecule has 2 nitrogen and oxygen atoms in total. The molecule has 0 aliphatic carbocycles. The third-order valence-corrected chi connectivity index (χ3v) is 3.29. The van der Waals surface area contributed by atoms with Gasteiger partial charge < -0.3 is 0 Å². The molecule has 0 amide bonds. The second-order valence-corrected chi connectivity index (χ2v) is 5.76. The summed E-state index contributed by atoms with van der Waals surface area (Å²) in [6.07, 6.45) is 1.70. The first-order valence-electron chi connectivity index (χ1n) is 5.32. The molecule has 1 atom stereocenters. The fraction of sp³-hybridized carbons (Fsp3) is 0.667. The molecule has 0 N–H and O–H groups in total. The number of nitriles is 1. The molecule has 1 rings (SSSR count). The number of hydrogen-bond donors (Lipinski definition) is 0. The van der Waals surface area contributed by atoms with Crippen molar-refractivity contribution < 1.29 is 0 Å². The van der Waals surface area contributed by atoms with Gasteiger partial charge >= 0.3 is 0 Å². The molecule has 1 unspecified atom stereocenters. The quantitative estimate of drug-likeness (QED) is 0.784. The molecule has 82 valence electrons. The Balaban J connectivity index is 2.74. The minimum Gasteiger partial charge on any atom is -0.246 e. The molecule has 1 aromatic heterocycles. The SMILES string of the molecule is CCC(C#N)Cc1nc(C(C)(C)C)cs1. The highest BCUT2D eigenvalue weighted by Gasteiger charge is 2.18. The molecule has 0 aliphatic heterocycles. The van der Waals surface area contributed by atoms with Gasteiger partial charge in [0, 0.05) is 17.2 Å². The number of rotatable bonds is 3. The minimum absolute atomic E-state index is 0.114. The van der Waals surface area contributed by atoms with Crippen LogP contribution in [0.4, 0.5) is 0 Å². The first-order valence-corrected chi connectivity index (χ1v) is 6.19. The van der Waals surface area contributed by atoms with Crippen LogP contribution >= 0.6 is 11.3 Å². The molecular formula is C12H18N2S. The van der Waals surface area contributed by atoms with E-state index in [9.17, 15) is 0 Å². The molecule has 0 saturated heterocycles. The molecule has 1 heterocycles. The van der Waals surface area contributed by atoms with Gasteiger partial charge in [0.1, 0.15) is 0 Å². The van der Waals surface area contributed by atoms with Gasteiger partial charge in [-0.05, 0) is 6.42 Å². The molecular weight excluding hydrogens is 204 g/mol. The van der Waals surface area contributed by atoms with E-state index in [1.54, 1.807) is 11.3 Å². The van der Waals surface area contributed by atoms with Gasteiger partial charge in [0.25, 0.3) is 0 Å². The normalized spacial score (nSPS) is 13.5. The van der Waals surface area contributed by atoms with Crippen LogP contribution in [0.15, 0.2) is 5.38 Å². The van der Waals surface area contributed by atoms with Crippen molar-refractivity contribution >= 4 is 11.3 Å². The van der Waals surface area contributed by atoms with Crippen LogP contribution in [0.1, 0.15) is 44.8 Å². The summed E-state index contributed by atoms with van der Waals surface area (Å²) in [5.41, 5.74) is 1.25. The summed E-state index contributed by atoms with van der Waals surface area (Å²) in [7, 11) is 0. The zero-order valence-corrected chi connectivity index (χ0v) is 10.7. The van der Waals surface area contributed by atoms with Crippen molar-refractivity contribution in [3.8, 4) is 6.07 Å². The molecule has 0 aromatic carbocycles. The predicted octanol–water partition coefficient (Wildman–Crippen LogP) is 3.53. The molecule has 0 bridgehead atoms. The number of nitrogens with zero attached hydrogens (tertiary/aromatic N) is 2. The first kappa shape index (κ1) is 12.2. The third-order valence-electron chi connectivity index (χ3n) is 2.42. The predicted molar refractivity (Wildman–Crippen MR) is 63.9 cm³/mol. The molecule has 1 aromatic rings. The van der Waals surface area contributed by atoms with Crippen LogP contribution in [-0.2, 0) is 11.8 Å². The lowest BCUT2D eigenvalue weighted by molar-refractivity contribution is 0.566. The lowest BCUT2D eigenvalue weighted by Crippen LogP contribution is -2.11. The van der Waals surface area contributed by atoms with E-state index in [1.165, 1.54) is 0 Å². The highest BCUT2D eigenvalue weighted by atomic mass is 32.1. The molecule has 0 saturated carbocycles. The minimum atomic E-state index is 0.114. The van der Waals surface area contributed by atoms with Crippen molar-refractivity contribution in [3.05, 3.63) is 16.1 Å². The average Bonchev–Trinajstić information content (AvgIpc) is 2.61. The smallest absolute Gasteiger partial charge is 0.0941 e. The van der Waals surface area contributed by atoms with Crippen molar-refractivity contribution in [1.29, 1.82) is 5.26 Å². The Hall–Kier alpha value is -0.880. The maximum absolute atomic E-state index is 8.88. The van der Waals surface area contributed by atoms with Crippen LogP contribution in [-0.4, -0.2) is 4.98 Å².